The largest absolute Gasteiger partial charge is 0.379 e. The Bertz CT molecular complexity index is 804. The van der Waals surface area contributed by atoms with Crippen LogP contribution in [0.25, 0.3) is 0 Å². The van der Waals surface area contributed by atoms with Crippen molar-refractivity contribution in [2.75, 3.05) is 50.0 Å². The summed E-state index contributed by atoms with van der Waals surface area (Å²) in [6.07, 6.45) is 1.60. The molecule has 0 unspecified atom stereocenters. The van der Waals surface area contributed by atoms with E-state index in [0.717, 1.165) is 49.9 Å². The first kappa shape index (κ1) is 19.8. The average Bonchev–Trinajstić information content (AvgIpc) is 2.70. The number of hydrogen-bond donors (Lipinski definition) is 3. The molecule has 2 amide bonds. The third-order valence-electron chi connectivity index (χ3n) is 4.30. The molecule has 2 heterocycles. The highest BCUT2D eigenvalue weighted by Gasteiger charge is 2.12. The number of nitrogens with one attached hydrogen (secondary N) is 3. The normalized spacial score (nSPS) is 14.3. The number of carbonyl (C=O) groups is 2. The van der Waals surface area contributed by atoms with Gasteiger partial charge >= 0.3 is 0 Å². The number of morpholine rings is 1. The second kappa shape index (κ2) is 9.82. The number of aromatic nitrogens is 1. The summed E-state index contributed by atoms with van der Waals surface area (Å²) in [6, 6.07) is 10.8. The van der Waals surface area contributed by atoms with Gasteiger partial charge in [0.25, 0.3) is 5.91 Å². The lowest BCUT2D eigenvalue weighted by atomic mass is 10.2. The predicted molar refractivity (Wildman–Crippen MR) is 108 cm³/mol. The highest BCUT2D eigenvalue weighted by Crippen LogP contribution is 2.19. The monoisotopic (exact) mass is 383 g/mol. The van der Waals surface area contributed by atoms with Gasteiger partial charge in [-0.3, -0.25) is 19.5 Å². The maximum absolute atomic E-state index is 12.4. The van der Waals surface area contributed by atoms with Crippen molar-refractivity contribution in [2.45, 2.75) is 6.92 Å². The quantitative estimate of drug-likeness (QED) is 0.675. The van der Waals surface area contributed by atoms with Gasteiger partial charge < -0.3 is 20.7 Å². The molecule has 8 heteroatoms. The lowest BCUT2D eigenvalue weighted by molar-refractivity contribution is -0.114. The molecule has 0 radical (unpaired) electrons. The molecular weight excluding hydrogens is 358 g/mol. The fourth-order valence-corrected chi connectivity index (χ4v) is 2.88. The van der Waals surface area contributed by atoms with Gasteiger partial charge in [-0.05, 0) is 36.4 Å². The van der Waals surface area contributed by atoms with E-state index in [-0.39, 0.29) is 11.8 Å². The van der Waals surface area contributed by atoms with Gasteiger partial charge in [-0.1, -0.05) is 0 Å². The predicted octanol–water partition coefficient (Wildman–Crippen LogP) is 1.85. The van der Waals surface area contributed by atoms with Gasteiger partial charge in [-0.25, -0.2) is 0 Å². The number of rotatable bonds is 7. The van der Waals surface area contributed by atoms with Gasteiger partial charge in [-0.15, -0.1) is 0 Å². The van der Waals surface area contributed by atoms with Crippen molar-refractivity contribution in [3.8, 4) is 0 Å². The van der Waals surface area contributed by atoms with Crippen LogP contribution in [-0.2, 0) is 9.53 Å². The smallest absolute Gasteiger partial charge is 0.269 e. The molecule has 0 atom stereocenters. The number of ether oxygens (including phenoxy) is 1. The third kappa shape index (κ3) is 6.04. The van der Waals surface area contributed by atoms with Crippen LogP contribution in [0.2, 0.25) is 0 Å². The first-order valence-corrected chi connectivity index (χ1v) is 9.29. The lowest BCUT2D eigenvalue weighted by Gasteiger charge is -2.26. The van der Waals surface area contributed by atoms with E-state index in [0.29, 0.717) is 12.2 Å². The second-order valence-corrected chi connectivity index (χ2v) is 6.52. The molecule has 1 aromatic heterocycles. The standard InChI is InChI=1S/C20H25N5O3/c1-15(26)23-16-2-4-17(5-3-16)24-18-6-7-21-19(14-18)20(27)22-8-9-25-10-12-28-13-11-25/h2-7,14H,8-13H2,1H3,(H,21,24)(H,22,27)(H,23,26). The average molecular weight is 383 g/mol. The minimum atomic E-state index is -0.196. The molecular formula is C20H25N5O3. The highest BCUT2D eigenvalue weighted by molar-refractivity contribution is 5.93. The topological polar surface area (TPSA) is 95.6 Å². The lowest BCUT2D eigenvalue weighted by Crippen LogP contribution is -2.41. The summed E-state index contributed by atoms with van der Waals surface area (Å²) in [4.78, 5) is 29.9. The van der Waals surface area contributed by atoms with E-state index in [1.54, 1.807) is 18.3 Å². The molecule has 0 spiro atoms. The van der Waals surface area contributed by atoms with Crippen LogP contribution in [0.3, 0.4) is 0 Å². The Labute approximate surface area is 164 Å². The minimum absolute atomic E-state index is 0.112. The van der Waals surface area contributed by atoms with Crippen molar-refractivity contribution in [3.05, 3.63) is 48.3 Å². The number of nitrogens with zero attached hydrogens (tertiary/aromatic N) is 2. The number of pyridine rings is 1. The molecule has 0 bridgehead atoms. The number of amides is 2. The number of hydrogen-bond acceptors (Lipinski definition) is 6. The van der Waals surface area contributed by atoms with E-state index >= 15 is 0 Å². The maximum atomic E-state index is 12.4. The molecule has 3 rings (SSSR count). The minimum Gasteiger partial charge on any atom is -0.379 e. The fourth-order valence-electron chi connectivity index (χ4n) is 2.88. The summed E-state index contributed by atoms with van der Waals surface area (Å²) in [5, 5.41) is 8.87. The van der Waals surface area contributed by atoms with E-state index in [2.05, 4.69) is 25.8 Å². The molecule has 2 aromatic rings. The van der Waals surface area contributed by atoms with Crippen molar-refractivity contribution < 1.29 is 14.3 Å². The van der Waals surface area contributed by atoms with Crippen molar-refractivity contribution in [1.29, 1.82) is 0 Å². The van der Waals surface area contributed by atoms with Crippen LogP contribution in [0.5, 0.6) is 0 Å². The molecule has 1 aliphatic heterocycles. The molecule has 1 aliphatic rings. The van der Waals surface area contributed by atoms with Crippen molar-refractivity contribution in [3.63, 3.8) is 0 Å². The first-order chi connectivity index (χ1) is 13.6. The molecule has 28 heavy (non-hydrogen) atoms. The zero-order valence-electron chi connectivity index (χ0n) is 15.9. The summed E-state index contributed by atoms with van der Waals surface area (Å²) in [7, 11) is 0. The van der Waals surface area contributed by atoms with Gasteiger partial charge in [-0.2, -0.15) is 0 Å². The first-order valence-electron chi connectivity index (χ1n) is 9.29. The molecule has 3 N–H and O–H groups in total. The van der Waals surface area contributed by atoms with Crippen LogP contribution in [0.4, 0.5) is 17.1 Å². The summed E-state index contributed by atoms with van der Waals surface area (Å²) >= 11 is 0. The Hall–Kier alpha value is -2.97. The van der Waals surface area contributed by atoms with Gasteiger partial charge in [0.2, 0.25) is 5.91 Å². The van der Waals surface area contributed by atoms with E-state index in [1.165, 1.54) is 6.92 Å². The second-order valence-electron chi connectivity index (χ2n) is 6.52. The molecule has 0 aliphatic carbocycles. The van der Waals surface area contributed by atoms with E-state index in [9.17, 15) is 9.59 Å². The van der Waals surface area contributed by atoms with E-state index in [4.69, 9.17) is 4.74 Å². The summed E-state index contributed by atoms with van der Waals surface area (Å²) in [5.74, 6) is -0.308. The number of carbonyl (C=O) groups excluding carboxylic acids is 2. The summed E-state index contributed by atoms with van der Waals surface area (Å²) in [5.41, 5.74) is 2.70. The molecule has 1 saturated heterocycles. The molecule has 148 valence electrons. The Kier molecular flexibility index (Phi) is 6.94. The Balaban J connectivity index is 1.52. The Morgan fingerprint density at radius 1 is 1.07 bits per heavy atom. The molecule has 1 aromatic carbocycles. The van der Waals surface area contributed by atoms with Gasteiger partial charge in [0.05, 0.1) is 13.2 Å². The van der Waals surface area contributed by atoms with Crippen molar-refractivity contribution in [1.82, 2.24) is 15.2 Å². The van der Waals surface area contributed by atoms with Gasteiger partial charge in [0.15, 0.2) is 0 Å². The van der Waals surface area contributed by atoms with Gasteiger partial charge in [0, 0.05) is 56.4 Å². The van der Waals surface area contributed by atoms with Crippen LogP contribution in [0.1, 0.15) is 17.4 Å². The Morgan fingerprint density at radius 3 is 2.50 bits per heavy atom. The SMILES string of the molecule is CC(=O)Nc1ccc(Nc2ccnc(C(=O)NCCN3CCOCC3)c2)cc1. The van der Waals surface area contributed by atoms with Crippen LogP contribution in [0, 0.1) is 0 Å². The van der Waals surface area contributed by atoms with Crippen LogP contribution in [0.15, 0.2) is 42.6 Å². The summed E-state index contributed by atoms with van der Waals surface area (Å²) in [6.45, 7) is 6.12. The third-order valence-corrected chi connectivity index (χ3v) is 4.30. The molecule has 1 fully saturated rings. The Morgan fingerprint density at radius 2 is 1.79 bits per heavy atom. The highest BCUT2D eigenvalue weighted by atomic mass is 16.5. The zero-order chi connectivity index (χ0) is 19.8. The number of anilines is 3. The fraction of sp³-hybridized carbons (Fsp3) is 0.350. The zero-order valence-corrected chi connectivity index (χ0v) is 15.9. The molecule has 8 nitrogen and oxygen atoms in total. The maximum Gasteiger partial charge on any atom is 0.269 e. The molecule has 0 saturated carbocycles. The van der Waals surface area contributed by atoms with Gasteiger partial charge in [0.1, 0.15) is 5.69 Å². The van der Waals surface area contributed by atoms with Crippen LogP contribution in [-0.4, -0.2) is 61.1 Å². The number of benzene rings is 1. The van der Waals surface area contributed by atoms with E-state index in [1.807, 2.05) is 24.3 Å². The summed E-state index contributed by atoms with van der Waals surface area (Å²) < 4.78 is 5.32. The van der Waals surface area contributed by atoms with E-state index < -0.39 is 0 Å². The van der Waals surface area contributed by atoms with Crippen LogP contribution >= 0.6 is 0 Å². The van der Waals surface area contributed by atoms with Crippen molar-refractivity contribution >= 4 is 28.9 Å². The van der Waals surface area contributed by atoms with Crippen molar-refractivity contribution in [2.24, 2.45) is 0 Å². The van der Waals surface area contributed by atoms with Crippen LogP contribution < -0.4 is 16.0 Å².